The lowest BCUT2D eigenvalue weighted by Gasteiger charge is -2.12. The molecule has 0 aromatic rings. The smallest absolute Gasteiger partial charge is 0.421 e. The Kier molecular flexibility index (Phi) is 6.62. The average Bonchev–Trinajstić information content (AvgIpc) is 2.01. The van der Waals surface area contributed by atoms with Crippen LogP contribution in [0.25, 0.3) is 0 Å². The number of carbonyl (C=O) groups excluding carboxylic acids is 1. The van der Waals surface area contributed by atoms with Crippen LogP contribution in [-0.2, 0) is 14.9 Å². The first-order valence-corrected chi connectivity index (χ1v) is 6.45. The van der Waals surface area contributed by atoms with Gasteiger partial charge in [-0.3, -0.25) is 0 Å². The second-order valence-electron chi connectivity index (χ2n) is 2.82. The zero-order chi connectivity index (χ0) is 11.9. The van der Waals surface area contributed by atoms with Crippen LogP contribution in [0.2, 0.25) is 0 Å². The van der Waals surface area contributed by atoms with E-state index >= 15 is 0 Å². The van der Waals surface area contributed by atoms with Gasteiger partial charge in [-0.15, -0.1) is 11.6 Å². The molecule has 0 aromatic heterocycles. The molecule has 1 unspecified atom stereocenters. The SMILES string of the molecule is CCOC(=O)NS(=O)(=O)NC(C)CCCl. The van der Waals surface area contributed by atoms with Crippen molar-refractivity contribution in [1.29, 1.82) is 0 Å². The molecule has 15 heavy (non-hydrogen) atoms. The minimum atomic E-state index is -3.86. The minimum absolute atomic E-state index is 0.110. The average molecular weight is 259 g/mol. The lowest BCUT2D eigenvalue weighted by atomic mass is 10.3. The first-order chi connectivity index (χ1) is 6.91. The molecule has 0 aliphatic rings. The van der Waals surface area contributed by atoms with Gasteiger partial charge in [0.2, 0.25) is 0 Å². The molecule has 6 nitrogen and oxygen atoms in total. The van der Waals surface area contributed by atoms with Gasteiger partial charge in [-0.2, -0.15) is 13.1 Å². The number of nitrogens with one attached hydrogen (secondary N) is 2. The Morgan fingerprint density at radius 1 is 1.53 bits per heavy atom. The number of amides is 1. The monoisotopic (exact) mass is 258 g/mol. The van der Waals surface area contributed by atoms with Crippen LogP contribution in [0.3, 0.4) is 0 Å². The highest BCUT2D eigenvalue weighted by Crippen LogP contribution is 1.95. The van der Waals surface area contributed by atoms with E-state index in [2.05, 4.69) is 9.46 Å². The predicted molar refractivity (Wildman–Crippen MR) is 57.0 cm³/mol. The Morgan fingerprint density at radius 2 is 2.13 bits per heavy atom. The van der Waals surface area contributed by atoms with Gasteiger partial charge in [-0.1, -0.05) is 0 Å². The van der Waals surface area contributed by atoms with Crippen molar-refractivity contribution in [2.75, 3.05) is 12.5 Å². The van der Waals surface area contributed by atoms with Gasteiger partial charge in [-0.25, -0.2) is 9.52 Å². The number of rotatable bonds is 6. The van der Waals surface area contributed by atoms with Crippen LogP contribution in [0.4, 0.5) is 4.79 Å². The second-order valence-corrected chi connectivity index (χ2v) is 4.65. The highest BCUT2D eigenvalue weighted by molar-refractivity contribution is 7.88. The maximum atomic E-state index is 11.2. The molecule has 90 valence electrons. The molecule has 8 heteroatoms. The van der Waals surface area contributed by atoms with Crippen molar-refractivity contribution in [1.82, 2.24) is 9.44 Å². The molecule has 0 aliphatic heterocycles. The molecule has 0 bridgehead atoms. The fraction of sp³-hybridized carbons (Fsp3) is 0.857. The van der Waals surface area contributed by atoms with Gasteiger partial charge in [0, 0.05) is 11.9 Å². The molecular weight excluding hydrogens is 244 g/mol. The molecule has 0 radical (unpaired) electrons. The second kappa shape index (κ2) is 6.86. The van der Waals surface area contributed by atoms with E-state index in [1.807, 2.05) is 0 Å². The van der Waals surface area contributed by atoms with Gasteiger partial charge in [0.1, 0.15) is 0 Å². The molecule has 2 N–H and O–H groups in total. The van der Waals surface area contributed by atoms with Gasteiger partial charge in [0.05, 0.1) is 6.61 Å². The summed E-state index contributed by atoms with van der Waals surface area (Å²) in [4.78, 5) is 10.8. The van der Waals surface area contributed by atoms with Crippen LogP contribution < -0.4 is 9.44 Å². The van der Waals surface area contributed by atoms with Crippen molar-refractivity contribution in [2.24, 2.45) is 0 Å². The van der Waals surface area contributed by atoms with Gasteiger partial charge < -0.3 is 4.74 Å². The van der Waals surface area contributed by atoms with E-state index < -0.39 is 16.3 Å². The normalized spacial score (nSPS) is 13.3. The molecule has 0 spiro atoms. The Balaban J connectivity index is 4.13. The van der Waals surface area contributed by atoms with E-state index in [0.29, 0.717) is 12.3 Å². The lowest BCUT2D eigenvalue weighted by Crippen LogP contribution is -2.44. The summed E-state index contributed by atoms with van der Waals surface area (Å²) >= 11 is 5.43. The maximum absolute atomic E-state index is 11.2. The minimum Gasteiger partial charge on any atom is -0.449 e. The summed E-state index contributed by atoms with van der Waals surface area (Å²) in [6.07, 6.45) is -0.520. The van der Waals surface area contributed by atoms with Crippen LogP contribution >= 0.6 is 11.6 Å². The highest BCUT2D eigenvalue weighted by Gasteiger charge is 2.17. The molecule has 0 aromatic carbocycles. The summed E-state index contributed by atoms with van der Waals surface area (Å²) in [5.41, 5.74) is 0. The summed E-state index contributed by atoms with van der Waals surface area (Å²) in [5.74, 6) is 0.336. The highest BCUT2D eigenvalue weighted by atomic mass is 35.5. The van der Waals surface area contributed by atoms with Crippen molar-refractivity contribution < 1.29 is 17.9 Å². The predicted octanol–water partition coefficient (Wildman–Crippen LogP) is 0.584. The summed E-state index contributed by atoms with van der Waals surface area (Å²) in [6, 6.07) is -0.338. The largest absolute Gasteiger partial charge is 0.449 e. The Labute approximate surface area is 94.5 Å². The zero-order valence-electron chi connectivity index (χ0n) is 8.62. The van der Waals surface area contributed by atoms with Crippen molar-refractivity contribution in [3.63, 3.8) is 0 Å². The molecular formula is C7H15ClN2O4S. The maximum Gasteiger partial charge on any atom is 0.421 e. The third-order valence-electron chi connectivity index (χ3n) is 1.39. The van der Waals surface area contributed by atoms with Crippen molar-refractivity contribution in [3.05, 3.63) is 0 Å². The first kappa shape index (κ1) is 14.5. The molecule has 0 fully saturated rings. The van der Waals surface area contributed by atoms with Gasteiger partial charge in [0.15, 0.2) is 0 Å². The number of hydrogen-bond acceptors (Lipinski definition) is 4. The molecule has 0 heterocycles. The van der Waals surface area contributed by atoms with E-state index in [-0.39, 0.29) is 12.6 Å². The Hall–Kier alpha value is -0.530. The van der Waals surface area contributed by atoms with Gasteiger partial charge in [-0.05, 0) is 20.3 Å². The Bertz CT molecular complexity index is 293. The van der Waals surface area contributed by atoms with Gasteiger partial charge >= 0.3 is 16.3 Å². The van der Waals surface area contributed by atoms with Crippen LogP contribution in [0.5, 0.6) is 0 Å². The number of alkyl halides is 1. The summed E-state index contributed by atoms with van der Waals surface area (Å²) in [7, 11) is -3.86. The molecule has 0 saturated carbocycles. The standard InChI is InChI=1S/C7H15ClN2O4S/c1-3-14-7(11)10-15(12,13)9-6(2)4-5-8/h6,9H,3-5H2,1-2H3,(H,10,11). The van der Waals surface area contributed by atoms with E-state index in [9.17, 15) is 13.2 Å². The molecule has 0 saturated heterocycles. The third-order valence-corrected chi connectivity index (χ3v) is 2.76. The Morgan fingerprint density at radius 3 is 2.60 bits per heavy atom. The lowest BCUT2D eigenvalue weighted by molar-refractivity contribution is 0.158. The number of ether oxygens (including phenoxy) is 1. The fourth-order valence-electron chi connectivity index (χ4n) is 0.787. The van der Waals surface area contributed by atoms with Gasteiger partial charge in [0.25, 0.3) is 0 Å². The van der Waals surface area contributed by atoms with Crippen LogP contribution in [-0.4, -0.2) is 33.0 Å². The van der Waals surface area contributed by atoms with Crippen LogP contribution in [0.1, 0.15) is 20.3 Å². The number of hydrogen-bond donors (Lipinski definition) is 2. The van der Waals surface area contributed by atoms with Crippen molar-refractivity contribution in [2.45, 2.75) is 26.3 Å². The molecule has 0 rings (SSSR count). The van der Waals surface area contributed by atoms with Crippen LogP contribution in [0, 0.1) is 0 Å². The summed E-state index contributed by atoms with van der Waals surface area (Å²) in [6.45, 7) is 3.33. The van der Waals surface area contributed by atoms with Crippen LogP contribution in [0.15, 0.2) is 0 Å². The topological polar surface area (TPSA) is 84.5 Å². The van der Waals surface area contributed by atoms with Crippen molar-refractivity contribution >= 4 is 27.9 Å². The number of carbonyl (C=O) groups is 1. The molecule has 1 atom stereocenters. The quantitative estimate of drug-likeness (QED) is 0.683. The molecule has 1 amide bonds. The third kappa shape index (κ3) is 7.40. The zero-order valence-corrected chi connectivity index (χ0v) is 10.2. The van der Waals surface area contributed by atoms with E-state index in [1.54, 1.807) is 18.6 Å². The fourth-order valence-corrected chi connectivity index (χ4v) is 2.10. The molecule has 0 aliphatic carbocycles. The van der Waals surface area contributed by atoms with Crippen molar-refractivity contribution in [3.8, 4) is 0 Å². The summed E-state index contributed by atoms with van der Waals surface area (Å²) < 4.78 is 30.8. The number of halogens is 1. The van der Waals surface area contributed by atoms with E-state index in [0.717, 1.165) is 0 Å². The van der Waals surface area contributed by atoms with E-state index in [4.69, 9.17) is 11.6 Å². The van der Waals surface area contributed by atoms with E-state index in [1.165, 1.54) is 0 Å². The first-order valence-electron chi connectivity index (χ1n) is 4.44. The summed E-state index contributed by atoms with van der Waals surface area (Å²) in [5, 5.41) is 0.